The number of hydrogen-bond acceptors (Lipinski definition) is 5. The van der Waals surface area contributed by atoms with Crippen molar-refractivity contribution in [2.75, 3.05) is 13.1 Å². The number of benzene rings is 1. The summed E-state index contributed by atoms with van der Waals surface area (Å²) in [4.78, 5) is 5.21. The van der Waals surface area contributed by atoms with E-state index in [1.165, 1.54) is 12.1 Å². The smallest absolute Gasteiger partial charge is 0.471 e. The maximum absolute atomic E-state index is 14.6. The molecular weight excluding hydrogens is 421 g/mol. The van der Waals surface area contributed by atoms with Gasteiger partial charge in [0.1, 0.15) is 6.10 Å². The molecule has 0 N–H and O–H groups in total. The van der Waals surface area contributed by atoms with Gasteiger partial charge in [-0.2, -0.15) is 18.2 Å². The summed E-state index contributed by atoms with van der Waals surface area (Å²) in [5.74, 6) is -2.96. The molecule has 1 aliphatic heterocycles. The molecule has 0 spiro atoms. The van der Waals surface area contributed by atoms with Gasteiger partial charge in [-0.3, -0.25) is 4.90 Å². The highest BCUT2D eigenvalue weighted by atomic mass is 19.4. The minimum Gasteiger partial charge on any atom is -0.484 e. The maximum atomic E-state index is 14.6. The standard InChI is InChI=1S/C21H24F5N3O2/c22-16-10-14(13-4-2-1-3-5-13)11-17(23)19(16)30-15-6-8-29(9-7-15)12-18-27-20(31-28-18)21(24,25)26/h10-11,13,15H,1-9,12H2. The highest BCUT2D eigenvalue weighted by molar-refractivity contribution is 5.33. The van der Waals surface area contributed by atoms with E-state index in [1.807, 2.05) is 4.90 Å². The first-order valence-electron chi connectivity index (χ1n) is 10.6. The van der Waals surface area contributed by atoms with E-state index in [2.05, 4.69) is 14.7 Å². The van der Waals surface area contributed by atoms with E-state index in [0.29, 0.717) is 31.5 Å². The van der Waals surface area contributed by atoms with Crippen LogP contribution in [0, 0.1) is 11.6 Å². The molecule has 1 saturated carbocycles. The van der Waals surface area contributed by atoms with Crippen LogP contribution in [0.4, 0.5) is 22.0 Å². The van der Waals surface area contributed by atoms with Crippen molar-refractivity contribution in [3.8, 4) is 5.75 Å². The van der Waals surface area contributed by atoms with E-state index in [4.69, 9.17) is 4.74 Å². The van der Waals surface area contributed by atoms with Crippen LogP contribution in [0.3, 0.4) is 0 Å². The molecule has 2 aromatic rings. The van der Waals surface area contributed by atoms with Crippen LogP contribution in [0.25, 0.3) is 0 Å². The Morgan fingerprint density at radius 3 is 2.23 bits per heavy atom. The largest absolute Gasteiger partial charge is 0.484 e. The van der Waals surface area contributed by atoms with Crippen LogP contribution >= 0.6 is 0 Å². The van der Waals surface area contributed by atoms with Gasteiger partial charge in [0.05, 0.1) is 6.54 Å². The highest BCUT2D eigenvalue weighted by Crippen LogP contribution is 2.36. The number of likely N-dealkylation sites (tertiary alicyclic amines) is 1. The van der Waals surface area contributed by atoms with Crippen LogP contribution in [0.15, 0.2) is 16.7 Å². The van der Waals surface area contributed by atoms with Crippen LogP contribution in [0.5, 0.6) is 5.75 Å². The van der Waals surface area contributed by atoms with Gasteiger partial charge >= 0.3 is 12.1 Å². The van der Waals surface area contributed by atoms with Gasteiger partial charge in [-0.15, -0.1) is 0 Å². The zero-order valence-corrected chi connectivity index (χ0v) is 16.9. The summed E-state index contributed by atoms with van der Waals surface area (Å²) in [7, 11) is 0. The number of alkyl halides is 3. The van der Waals surface area contributed by atoms with Crippen LogP contribution in [0.2, 0.25) is 0 Å². The van der Waals surface area contributed by atoms with Crippen molar-refractivity contribution in [3.05, 3.63) is 41.0 Å². The van der Waals surface area contributed by atoms with Gasteiger partial charge in [-0.05, 0) is 49.3 Å². The lowest BCUT2D eigenvalue weighted by atomic mass is 9.84. The molecule has 0 radical (unpaired) electrons. The molecule has 2 aliphatic rings. The van der Waals surface area contributed by atoms with E-state index < -0.39 is 23.7 Å². The van der Waals surface area contributed by atoms with Gasteiger partial charge in [-0.1, -0.05) is 24.4 Å². The number of halogens is 5. The fourth-order valence-electron chi connectivity index (χ4n) is 4.35. The molecule has 170 valence electrons. The molecule has 31 heavy (non-hydrogen) atoms. The normalized spacial score (nSPS) is 19.6. The summed E-state index contributed by atoms with van der Waals surface area (Å²) in [5, 5.41) is 3.36. The Balaban J connectivity index is 1.32. The van der Waals surface area contributed by atoms with Gasteiger partial charge in [0.25, 0.3) is 0 Å². The molecule has 5 nitrogen and oxygen atoms in total. The van der Waals surface area contributed by atoms with E-state index in [9.17, 15) is 22.0 Å². The molecule has 4 rings (SSSR count). The summed E-state index contributed by atoms with van der Waals surface area (Å²) in [6.07, 6.45) is 1.12. The fraction of sp³-hybridized carbons (Fsp3) is 0.619. The van der Waals surface area contributed by atoms with Crippen molar-refractivity contribution >= 4 is 0 Å². The van der Waals surface area contributed by atoms with Gasteiger partial charge in [0, 0.05) is 13.1 Å². The number of rotatable bonds is 5. The zero-order valence-electron chi connectivity index (χ0n) is 16.9. The molecular formula is C21H24F5N3O2. The van der Waals surface area contributed by atoms with Crippen LogP contribution in [-0.4, -0.2) is 34.2 Å². The first-order valence-corrected chi connectivity index (χ1v) is 10.6. The first-order chi connectivity index (χ1) is 14.8. The molecule has 2 heterocycles. The monoisotopic (exact) mass is 445 g/mol. The molecule has 0 atom stereocenters. The average molecular weight is 445 g/mol. The van der Waals surface area contributed by atoms with E-state index in [-0.39, 0.29) is 30.1 Å². The van der Waals surface area contributed by atoms with Crippen LogP contribution in [0.1, 0.15) is 68.1 Å². The Kier molecular flexibility index (Phi) is 6.45. The number of aromatic nitrogens is 2. The number of piperidine rings is 1. The topological polar surface area (TPSA) is 51.4 Å². The minimum atomic E-state index is -4.67. The van der Waals surface area contributed by atoms with Crippen LogP contribution < -0.4 is 4.74 Å². The second kappa shape index (κ2) is 9.10. The second-order valence-corrected chi connectivity index (χ2v) is 8.26. The van der Waals surface area contributed by atoms with Crippen LogP contribution in [-0.2, 0) is 12.7 Å². The predicted molar refractivity (Wildman–Crippen MR) is 100 cm³/mol. The number of nitrogens with zero attached hydrogens (tertiary/aromatic N) is 3. The van der Waals surface area contributed by atoms with E-state index in [1.54, 1.807) is 0 Å². The zero-order chi connectivity index (χ0) is 22.0. The third kappa shape index (κ3) is 5.34. The van der Waals surface area contributed by atoms with E-state index in [0.717, 1.165) is 32.1 Å². The quantitative estimate of drug-likeness (QED) is 0.573. The molecule has 0 amide bonds. The molecule has 10 heteroatoms. The fourth-order valence-corrected chi connectivity index (χ4v) is 4.35. The maximum Gasteiger partial charge on any atom is 0.471 e. The molecule has 1 aromatic carbocycles. The summed E-state index contributed by atoms with van der Waals surface area (Å²) in [6, 6.07) is 2.77. The Morgan fingerprint density at radius 1 is 1.00 bits per heavy atom. The van der Waals surface area contributed by atoms with Gasteiger partial charge in [0.2, 0.25) is 0 Å². The SMILES string of the molecule is Fc1cc(C2CCCCC2)cc(F)c1OC1CCN(Cc2noc(C(F)(F)F)n2)CC1. The lowest BCUT2D eigenvalue weighted by Gasteiger charge is -2.31. The van der Waals surface area contributed by atoms with Crippen molar-refractivity contribution in [1.82, 2.24) is 15.0 Å². The number of ether oxygens (including phenoxy) is 1. The molecule has 2 fully saturated rings. The third-order valence-corrected chi connectivity index (χ3v) is 5.99. The van der Waals surface area contributed by atoms with Crippen molar-refractivity contribution < 1.29 is 31.2 Å². The summed E-state index contributed by atoms with van der Waals surface area (Å²) >= 11 is 0. The second-order valence-electron chi connectivity index (χ2n) is 8.26. The Hall–Kier alpha value is -2.23. The lowest BCUT2D eigenvalue weighted by molar-refractivity contribution is -0.159. The van der Waals surface area contributed by atoms with Crippen molar-refractivity contribution in [3.63, 3.8) is 0 Å². The van der Waals surface area contributed by atoms with Crippen molar-refractivity contribution in [1.29, 1.82) is 0 Å². The minimum absolute atomic E-state index is 0.0536. The Labute approximate surface area is 176 Å². The molecule has 1 aliphatic carbocycles. The first kappa shape index (κ1) is 22.0. The van der Waals surface area contributed by atoms with Gasteiger partial charge in [0.15, 0.2) is 23.2 Å². The van der Waals surface area contributed by atoms with Gasteiger partial charge in [-0.25, -0.2) is 8.78 Å². The summed E-state index contributed by atoms with van der Waals surface area (Å²) in [5.41, 5.74) is 0.690. The average Bonchev–Trinajstić information content (AvgIpc) is 3.21. The molecule has 0 bridgehead atoms. The summed E-state index contributed by atoms with van der Waals surface area (Å²) in [6.45, 7) is 1.05. The van der Waals surface area contributed by atoms with Crippen molar-refractivity contribution in [2.45, 2.75) is 69.7 Å². The Bertz CT molecular complexity index is 864. The predicted octanol–water partition coefficient (Wildman–Crippen LogP) is 5.46. The Morgan fingerprint density at radius 2 is 1.65 bits per heavy atom. The highest BCUT2D eigenvalue weighted by Gasteiger charge is 2.38. The molecule has 0 unspecified atom stereocenters. The third-order valence-electron chi connectivity index (χ3n) is 5.99. The molecule has 1 saturated heterocycles. The number of hydrogen-bond donors (Lipinski definition) is 0. The molecule has 1 aromatic heterocycles. The van der Waals surface area contributed by atoms with Gasteiger partial charge < -0.3 is 9.26 Å². The summed E-state index contributed by atoms with van der Waals surface area (Å²) < 4.78 is 76.7. The van der Waals surface area contributed by atoms with Crippen molar-refractivity contribution in [2.24, 2.45) is 0 Å². The lowest BCUT2D eigenvalue weighted by Crippen LogP contribution is -2.38. The van der Waals surface area contributed by atoms with E-state index >= 15 is 0 Å².